The summed E-state index contributed by atoms with van der Waals surface area (Å²) in [4.78, 5) is 4.31. The smallest absolute Gasteiger partial charge is 0.131 e. The zero-order chi connectivity index (χ0) is 13.9. The molecule has 1 aromatic heterocycles. The first-order valence-electron chi connectivity index (χ1n) is 6.85. The van der Waals surface area contributed by atoms with Crippen molar-refractivity contribution in [2.75, 3.05) is 11.9 Å². The molecule has 0 saturated carbocycles. The molecule has 2 heterocycles. The van der Waals surface area contributed by atoms with Crippen molar-refractivity contribution in [3.05, 3.63) is 52.7 Å². The molecular weight excluding hydrogens is 272 g/mol. The lowest BCUT2D eigenvalue weighted by Crippen LogP contribution is -2.11. The Kier molecular flexibility index (Phi) is 3.79. The molecule has 20 heavy (non-hydrogen) atoms. The van der Waals surface area contributed by atoms with Crippen molar-refractivity contribution >= 4 is 17.4 Å². The van der Waals surface area contributed by atoms with Gasteiger partial charge in [0.1, 0.15) is 16.7 Å². The highest BCUT2D eigenvalue weighted by Gasteiger charge is 2.21. The number of benzene rings is 1. The van der Waals surface area contributed by atoms with Crippen LogP contribution in [0.3, 0.4) is 0 Å². The summed E-state index contributed by atoms with van der Waals surface area (Å²) in [6.45, 7) is 2.85. The molecule has 0 fully saturated rings. The van der Waals surface area contributed by atoms with E-state index in [9.17, 15) is 0 Å². The summed E-state index contributed by atoms with van der Waals surface area (Å²) in [7, 11) is 0. The van der Waals surface area contributed by atoms with Gasteiger partial charge in [-0.05, 0) is 37.5 Å². The molecule has 1 aliphatic heterocycles. The molecule has 3 nitrogen and oxygen atoms in total. The monoisotopic (exact) mass is 288 g/mol. The third-order valence-corrected chi connectivity index (χ3v) is 3.75. The number of para-hydroxylation sites is 1. The van der Waals surface area contributed by atoms with Gasteiger partial charge in [0, 0.05) is 5.56 Å². The number of halogens is 1. The van der Waals surface area contributed by atoms with Crippen LogP contribution < -0.4 is 10.1 Å². The molecule has 0 bridgehead atoms. The summed E-state index contributed by atoms with van der Waals surface area (Å²) in [6, 6.07) is 12.1. The van der Waals surface area contributed by atoms with Crippen LogP contribution in [0.1, 0.15) is 30.0 Å². The van der Waals surface area contributed by atoms with Gasteiger partial charge in [0.05, 0.1) is 12.6 Å². The zero-order valence-electron chi connectivity index (χ0n) is 11.4. The Balaban J connectivity index is 1.92. The summed E-state index contributed by atoms with van der Waals surface area (Å²) < 4.78 is 5.88. The largest absolute Gasteiger partial charge is 0.493 e. The topological polar surface area (TPSA) is 34.1 Å². The van der Waals surface area contributed by atoms with Crippen molar-refractivity contribution in [1.29, 1.82) is 0 Å². The van der Waals surface area contributed by atoms with Gasteiger partial charge in [-0.25, -0.2) is 4.98 Å². The fraction of sp³-hybridized carbons (Fsp3) is 0.312. The Morgan fingerprint density at radius 2 is 2.10 bits per heavy atom. The van der Waals surface area contributed by atoms with Crippen LogP contribution in [0.2, 0.25) is 5.15 Å². The predicted molar refractivity (Wildman–Crippen MR) is 81.5 cm³/mol. The lowest BCUT2D eigenvalue weighted by atomic mass is 10.00. The first-order valence-corrected chi connectivity index (χ1v) is 7.23. The molecule has 0 spiro atoms. The Morgan fingerprint density at radius 3 is 2.95 bits per heavy atom. The van der Waals surface area contributed by atoms with E-state index in [1.807, 2.05) is 12.1 Å². The van der Waals surface area contributed by atoms with E-state index in [-0.39, 0.29) is 6.04 Å². The molecule has 0 radical (unpaired) electrons. The minimum Gasteiger partial charge on any atom is -0.493 e. The quantitative estimate of drug-likeness (QED) is 0.833. The van der Waals surface area contributed by atoms with Crippen LogP contribution in [0.5, 0.6) is 5.75 Å². The van der Waals surface area contributed by atoms with Crippen LogP contribution in [0.4, 0.5) is 5.82 Å². The molecule has 1 aliphatic rings. The molecular formula is C16H17ClN2O. The highest BCUT2D eigenvalue weighted by atomic mass is 35.5. The van der Waals surface area contributed by atoms with E-state index in [1.165, 1.54) is 11.1 Å². The van der Waals surface area contributed by atoms with Gasteiger partial charge in [0.2, 0.25) is 0 Å². The van der Waals surface area contributed by atoms with Gasteiger partial charge in [-0.2, -0.15) is 0 Å². The number of pyridine rings is 1. The molecule has 4 heteroatoms. The van der Waals surface area contributed by atoms with Gasteiger partial charge in [-0.1, -0.05) is 35.9 Å². The molecule has 104 valence electrons. The van der Waals surface area contributed by atoms with Crippen LogP contribution >= 0.6 is 11.6 Å². The van der Waals surface area contributed by atoms with Crippen molar-refractivity contribution < 1.29 is 4.74 Å². The molecule has 0 saturated heterocycles. The maximum atomic E-state index is 5.94. The van der Waals surface area contributed by atoms with Gasteiger partial charge >= 0.3 is 0 Å². The van der Waals surface area contributed by atoms with Gasteiger partial charge < -0.3 is 10.1 Å². The second kappa shape index (κ2) is 5.71. The number of hydrogen-bond acceptors (Lipinski definition) is 3. The Labute approximate surface area is 123 Å². The summed E-state index contributed by atoms with van der Waals surface area (Å²) in [6.07, 6.45) is 2.04. The van der Waals surface area contributed by atoms with Gasteiger partial charge in [0.15, 0.2) is 0 Å². The van der Waals surface area contributed by atoms with E-state index in [2.05, 4.69) is 35.4 Å². The molecule has 1 unspecified atom stereocenters. The van der Waals surface area contributed by atoms with Crippen LogP contribution in [0.25, 0.3) is 0 Å². The van der Waals surface area contributed by atoms with E-state index in [0.29, 0.717) is 5.15 Å². The number of aromatic nitrogens is 1. The average Bonchev–Trinajstić information content (AvgIpc) is 2.63. The van der Waals surface area contributed by atoms with E-state index in [4.69, 9.17) is 16.3 Å². The molecule has 2 aromatic rings. The zero-order valence-corrected chi connectivity index (χ0v) is 12.2. The molecule has 1 N–H and O–H groups in total. The van der Waals surface area contributed by atoms with E-state index in [0.717, 1.165) is 31.0 Å². The standard InChI is InChI=1S/C16H17ClN2O/c1-11-5-2-6-12-13(7-4-10-20-16(11)12)18-15-9-3-8-14(17)19-15/h2-3,5-6,8-9,13H,4,7,10H2,1H3,(H,18,19). The number of fused-ring (bicyclic) bond motifs is 1. The molecule has 0 aliphatic carbocycles. The maximum Gasteiger partial charge on any atom is 0.131 e. The highest BCUT2D eigenvalue weighted by Crippen LogP contribution is 2.35. The maximum absolute atomic E-state index is 5.94. The number of nitrogens with zero attached hydrogens (tertiary/aromatic N) is 1. The minimum absolute atomic E-state index is 0.207. The highest BCUT2D eigenvalue weighted by molar-refractivity contribution is 6.29. The second-order valence-corrected chi connectivity index (χ2v) is 5.41. The minimum atomic E-state index is 0.207. The van der Waals surface area contributed by atoms with Crippen molar-refractivity contribution in [2.24, 2.45) is 0 Å². The summed E-state index contributed by atoms with van der Waals surface area (Å²) in [5.74, 6) is 1.81. The SMILES string of the molecule is Cc1cccc2c1OCCCC2Nc1cccc(Cl)n1. The van der Waals surface area contributed by atoms with Gasteiger partial charge in [-0.3, -0.25) is 0 Å². The molecule has 1 atom stereocenters. The fourth-order valence-electron chi connectivity index (χ4n) is 2.58. The van der Waals surface area contributed by atoms with Crippen LogP contribution in [0, 0.1) is 6.92 Å². The van der Waals surface area contributed by atoms with Crippen molar-refractivity contribution in [3.8, 4) is 5.75 Å². The Morgan fingerprint density at radius 1 is 1.25 bits per heavy atom. The number of anilines is 1. The number of ether oxygens (including phenoxy) is 1. The number of rotatable bonds is 2. The lowest BCUT2D eigenvalue weighted by molar-refractivity contribution is 0.314. The van der Waals surface area contributed by atoms with E-state index < -0.39 is 0 Å². The van der Waals surface area contributed by atoms with Crippen LogP contribution in [0.15, 0.2) is 36.4 Å². The van der Waals surface area contributed by atoms with Gasteiger partial charge in [-0.15, -0.1) is 0 Å². The van der Waals surface area contributed by atoms with Crippen LogP contribution in [-0.4, -0.2) is 11.6 Å². The Hall–Kier alpha value is -1.74. The van der Waals surface area contributed by atoms with Crippen molar-refractivity contribution in [3.63, 3.8) is 0 Å². The number of nitrogens with one attached hydrogen (secondary N) is 1. The third-order valence-electron chi connectivity index (χ3n) is 3.54. The fourth-order valence-corrected chi connectivity index (χ4v) is 2.74. The predicted octanol–water partition coefficient (Wildman–Crippen LogP) is 4.37. The summed E-state index contributed by atoms with van der Waals surface area (Å²) >= 11 is 5.94. The first-order chi connectivity index (χ1) is 9.74. The summed E-state index contributed by atoms with van der Waals surface area (Å²) in [5, 5.41) is 3.97. The average molecular weight is 289 g/mol. The van der Waals surface area contributed by atoms with Crippen molar-refractivity contribution in [2.45, 2.75) is 25.8 Å². The summed E-state index contributed by atoms with van der Waals surface area (Å²) in [5.41, 5.74) is 2.37. The number of hydrogen-bond donors (Lipinski definition) is 1. The second-order valence-electron chi connectivity index (χ2n) is 5.03. The van der Waals surface area contributed by atoms with Gasteiger partial charge in [0.25, 0.3) is 0 Å². The molecule has 1 aromatic carbocycles. The lowest BCUT2D eigenvalue weighted by Gasteiger charge is -2.20. The van der Waals surface area contributed by atoms with E-state index in [1.54, 1.807) is 6.07 Å². The Bertz CT molecular complexity index is 615. The van der Waals surface area contributed by atoms with Crippen molar-refractivity contribution in [1.82, 2.24) is 4.98 Å². The molecule has 3 rings (SSSR count). The normalized spacial score (nSPS) is 17.8. The van der Waals surface area contributed by atoms with E-state index >= 15 is 0 Å². The molecule has 0 amide bonds. The van der Waals surface area contributed by atoms with Crippen LogP contribution in [-0.2, 0) is 0 Å². The first kappa shape index (κ1) is 13.3. The third kappa shape index (κ3) is 2.73. The number of aryl methyl sites for hydroxylation is 1.